The molecule has 2 heterocycles. The number of rotatable bonds is 7. The molecule has 1 aromatic rings. The highest BCUT2D eigenvalue weighted by Crippen LogP contribution is 2.31. The lowest BCUT2D eigenvalue weighted by atomic mass is 9.93. The molecule has 2 aliphatic rings. The van der Waals surface area contributed by atoms with Crippen molar-refractivity contribution in [3.05, 3.63) is 24.3 Å². The Morgan fingerprint density at radius 3 is 2.85 bits per heavy atom. The number of ether oxygens (including phenoxy) is 1. The third-order valence-corrected chi connectivity index (χ3v) is 4.93. The van der Waals surface area contributed by atoms with Gasteiger partial charge in [0.05, 0.1) is 5.69 Å². The van der Waals surface area contributed by atoms with Crippen LogP contribution in [-0.2, 0) is 9.59 Å². The highest BCUT2D eigenvalue weighted by molar-refractivity contribution is 5.97. The summed E-state index contributed by atoms with van der Waals surface area (Å²) in [7, 11) is 0. The molecule has 1 saturated heterocycles. The predicted molar refractivity (Wildman–Crippen MR) is 104 cm³/mol. The van der Waals surface area contributed by atoms with Gasteiger partial charge >= 0.3 is 0 Å². The van der Waals surface area contributed by atoms with Crippen molar-refractivity contribution < 1.29 is 14.3 Å². The highest BCUT2D eigenvalue weighted by atomic mass is 35.5. The second-order valence-electron chi connectivity index (χ2n) is 6.74. The minimum absolute atomic E-state index is 0. The van der Waals surface area contributed by atoms with Gasteiger partial charge in [-0.3, -0.25) is 9.59 Å². The number of hydrogen-bond donors (Lipinski definition) is 2. The second kappa shape index (κ2) is 10.4. The number of nitrogens with zero attached hydrogens (tertiary/aromatic N) is 1. The Morgan fingerprint density at radius 1 is 1.27 bits per heavy atom. The molecule has 1 aromatic carbocycles. The van der Waals surface area contributed by atoms with E-state index in [9.17, 15) is 9.59 Å². The van der Waals surface area contributed by atoms with Crippen molar-refractivity contribution in [2.75, 3.05) is 37.7 Å². The fraction of sp³-hybridized carbons (Fsp3) is 0.579. The van der Waals surface area contributed by atoms with Gasteiger partial charge in [0, 0.05) is 19.5 Å². The first-order chi connectivity index (χ1) is 12.2. The number of hydrogen-bond acceptors (Lipinski definition) is 4. The summed E-state index contributed by atoms with van der Waals surface area (Å²) in [5.41, 5.74) is 0.816. The fourth-order valence-electron chi connectivity index (χ4n) is 3.46. The first-order valence-electron chi connectivity index (χ1n) is 9.23. The van der Waals surface area contributed by atoms with E-state index in [4.69, 9.17) is 4.74 Å². The van der Waals surface area contributed by atoms with Gasteiger partial charge in [0.25, 0.3) is 5.91 Å². The maximum atomic E-state index is 12.1. The van der Waals surface area contributed by atoms with E-state index in [1.54, 1.807) is 4.90 Å². The van der Waals surface area contributed by atoms with Gasteiger partial charge in [0.15, 0.2) is 6.61 Å². The Balaban J connectivity index is 0.00000243. The molecule has 0 unspecified atom stereocenters. The van der Waals surface area contributed by atoms with Gasteiger partial charge in [-0.25, -0.2) is 0 Å². The Kier molecular flexibility index (Phi) is 8.19. The number of fused-ring (bicyclic) bond motifs is 1. The summed E-state index contributed by atoms with van der Waals surface area (Å²) in [6.07, 6.45) is 4.66. The van der Waals surface area contributed by atoms with Crippen LogP contribution in [0.5, 0.6) is 5.75 Å². The molecule has 2 N–H and O–H groups in total. The first kappa shape index (κ1) is 20.5. The van der Waals surface area contributed by atoms with Gasteiger partial charge in [0.2, 0.25) is 5.91 Å². The Bertz CT molecular complexity index is 605. The molecular formula is C19H28ClN3O3. The quantitative estimate of drug-likeness (QED) is 0.710. The van der Waals surface area contributed by atoms with E-state index < -0.39 is 0 Å². The predicted octanol–water partition coefficient (Wildman–Crippen LogP) is 2.12. The van der Waals surface area contributed by atoms with Crippen LogP contribution < -0.4 is 20.3 Å². The Hall–Kier alpha value is -1.79. The molecule has 0 aromatic heterocycles. The van der Waals surface area contributed by atoms with Crippen LogP contribution >= 0.6 is 12.4 Å². The van der Waals surface area contributed by atoms with Crippen molar-refractivity contribution in [1.82, 2.24) is 10.6 Å². The van der Waals surface area contributed by atoms with Gasteiger partial charge in [-0.05, 0) is 56.8 Å². The smallest absolute Gasteiger partial charge is 0.265 e. The van der Waals surface area contributed by atoms with Crippen LogP contribution in [0.25, 0.3) is 0 Å². The summed E-state index contributed by atoms with van der Waals surface area (Å²) in [5.74, 6) is 1.51. The van der Waals surface area contributed by atoms with E-state index in [1.165, 1.54) is 12.8 Å². The van der Waals surface area contributed by atoms with Crippen molar-refractivity contribution in [3.63, 3.8) is 0 Å². The zero-order valence-corrected chi connectivity index (χ0v) is 15.9. The van der Waals surface area contributed by atoms with Crippen molar-refractivity contribution in [1.29, 1.82) is 0 Å². The summed E-state index contributed by atoms with van der Waals surface area (Å²) < 4.78 is 5.43. The van der Waals surface area contributed by atoms with Crippen LogP contribution in [0.3, 0.4) is 0 Å². The average molecular weight is 382 g/mol. The molecule has 0 radical (unpaired) electrons. The van der Waals surface area contributed by atoms with Crippen molar-refractivity contribution in [3.8, 4) is 5.75 Å². The average Bonchev–Trinajstić information content (AvgIpc) is 2.65. The maximum absolute atomic E-state index is 12.1. The number of amides is 2. The highest BCUT2D eigenvalue weighted by Gasteiger charge is 2.24. The van der Waals surface area contributed by atoms with Crippen molar-refractivity contribution >= 4 is 29.9 Å². The molecule has 0 aliphatic carbocycles. The number of nitrogens with one attached hydrogen (secondary N) is 2. The van der Waals surface area contributed by atoms with Crippen molar-refractivity contribution in [2.45, 2.75) is 32.1 Å². The van der Waals surface area contributed by atoms with Crippen LogP contribution in [0.15, 0.2) is 24.3 Å². The van der Waals surface area contributed by atoms with E-state index in [-0.39, 0.29) is 30.8 Å². The van der Waals surface area contributed by atoms with E-state index in [0.717, 1.165) is 37.4 Å². The summed E-state index contributed by atoms with van der Waals surface area (Å²) in [6.45, 7) is 3.41. The summed E-state index contributed by atoms with van der Waals surface area (Å²) in [4.78, 5) is 25.8. The minimum Gasteiger partial charge on any atom is -0.482 e. The molecule has 0 atom stereocenters. The molecule has 144 valence electrons. The molecule has 7 heteroatoms. The third kappa shape index (κ3) is 5.61. The largest absolute Gasteiger partial charge is 0.482 e. The molecule has 0 bridgehead atoms. The number of carbonyl (C=O) groups excluding carboxylic acids is 2. The van der Waals surface area contributed by atoms with Crippen LogP contribution in [0.1, 0.15) is 32.1 Å². The van der Waals surface area contributed by atoms with Crippen LogP contribution in [0.2, 0.25) is 0 Å². The lowest BCUT2D eigenvalue weighted by Crippen LogP contribution is -2.40. The Labute approximate surface area is 161 Å². The molecular weight excluding hydrogens is 354 g/mol. The summed E-state index contributed by atoms with van der Waals surface area (Å²) in [5, 5.41) is 6.32. The summed E-state index contributed by atoms with van der Waals surface area (Å²) >= 11 is 0. The SMILES string of the molecule is Cl.O=C(CCC1CCNCC1)NCCCN1C(=O)COc2ccccc21. The molecule has 2 aliphatic heterocycles. The molecule has 26 heavy (non-hydrogen) atoms. The molecule has 1 fully saturated rings. The monoisotopic (exact) mass is 381 g/mol. The van der Waals surface area contributed by atoms with Crippen LogP contribution in [0, 0.1) is 5.92 Å². The lowest BCUT2D eigenvalue weighted by Gasteiger charge is -2.29. The van der Waals surface area contributed by atoms with Crippen LogP contribution in [0.4, 0.5) is 5.69 Å². The molecule has 0 spiro atoms. The van der Waals surface area contributed by atoms with Gasteiger partial charge < -0.3 is 20.3 Å². The number of piperidine rings is 1. The number of benzene rings is 1. The molecule has 6 nitrogen and oxygen atoms in total. The van der Waals surface area contributed by atoms with Crippen LogP contribution in [-0.4, -0.2) is 44.6 Å². The summed E-state index contributed by atoms with van der Waals surface area (Å²) in [6, 6.07) is 7.56. The lowest BCUT2D eigenvalue weighted by molar-refractivity contribution is -0.121. The number of anilines is 1. The molecule has 0 saturated carbocycles. The standard InChI is InChI=1S/C19H27N3O3.ClH/c23-18(7-6-15-8-11-20-12-9-15)21-10-3-13-22-16-4-1-2-5-17(16)25-14-19(22)24;/h1-2,4-5,15,20H,3,6-14H2,(H,21,23);1H. The Morgan fingerprint density at radius 2 is 2.04 bits per heavy atom. The zero-order valence-electron chi connectivity index (χ0n) is 15.0. The van der Waals surface area contributed by atoms with Gasteiger partial charge in [-0.2, -0.15) is 0 Å². The van der Waals surface area contributed by atoms with Gasteiger partial charge in [0.1, 0.15) is 5.75 Å². The minimum atomic E-state index is -0.0315. The maximum Gasteiger partial charge on any atom is 0.265 e. The van der Waals surface area contributed by atoms with Gasteiger partial charge in [-0.1, -0.05) is 12.1 Å². The molecule has 2 amide bonds. The second-order valence-corrected chi connectivity index (χ2v) is 6.74. The topological polar surface area (TPSA) is 70.7 Å². The third-order valence-electron chi connectivity index (χ3n) is 4.93. The van der Waals surface area contributed by atoms with Gasteiger partial charge in [-0.15, -0.1) is 12.4 Å². The number of carbonyl (C=O) groups is 2. The van der Waals surface area contributed by atoms with E-state index in [2.05, 4.69) is 10.6 Å². The normalized spacial score (nSPS) is 17.1. The number of halogens is 1. The van der Waals surface area contributed by atoms with Crippen molar-refractivity contribution in [2.24, 2.45) is 5.92 Å². The zero-order chi connectivity index (χ0) is 17.5. The fourth-order valence-corrected chi connectivity index (χ4v) is 3.46. The molecule has 3 rings (SSSR count). The number of para-hydroxylation sites is 2. The first-order valence-corrected chi connectivity index (χ1v) is 9.23. The van der Waals surface area contributed by atoms with E-state index in [1.807, 2.05) is 24.3 Å². The van der Waals surface area contributed by atoms with E-state index >= 15 is 0 Å². The van der Waals surface area contributed by atoms with E-state index in [0.29, 0.717) is 25.4 Å².